The van der Waals surface area contributed by atoms with Crippen molar-refractivity contribution in [2.75, 3.05) is 20.1 Å². The van der Waals surface area contributed by atoms with E-state index in [0.717, 1.165) is 25.9 Å². The van der Waals surface area contributed by atoms with E-state index in [2.05, 4.69) is 10.3 Å². The summed E-state index contributed by atoms with van der Waals surface area (Å²) in [5.41, 5.74) is 0.705. The maximum Gasteiger partial charge on any atom is 0.242 e. The minimum absolute atomic E-state index is 0. The molecule has 1 aliphatic rings. The van der Waals surface area contributed by atoms with Crippen molar-refractivity contribution in [1.82, 2.24) is 15.2 Å². The van der Waals surface area contributed by atoms with Crippen molar-refractivity contribution in [3.05, 3.63) is 30.1 Å². The summed E-state index contributed by atoms with van der Waals surface area (Å²) in [7, 11) is 1.70. The van der Waals surface area contributed by atoms with Gasteiger partial charge in [0.05, 0.1) is 0 Å². The van der Waals surface area contributed by atoms with E-state index in [0.29, 0.717) is 5.56 Å². The second-order valence-electron chi connectivity index (χ2n) is 4.52. The van der Waals surface area contributed by atoms with Crippen LogP contribution >= 0.6 is 24.8 Å². The fraction of sp³-hybridized carbons (Fsp3) is 0.538. The smallest absolute Gasteiger partial charge is 0.242 e. The van der Waals surface area contributed by atoms with E-state index in [-0.39, 0.29) is 30.7 Å². The predicted octanol–water partition coefficient (Wildman–Crippen LogP) is 1.17. The number of aliphatic hydroxyl groups excluding tert-OH is 1. The fourth-order valence-electron chi connectivity index (χ4n) is 2.30. The number of halogens is 2. The summed E-state index contributed by atoms with van der Waals surface area (Å²) in [4.78, 5) is 18.0. The number of rotatable bonds is 4. The van der Waals surface area contributed by atoms with Crippen molar-refractivity contribution in [3.8, 4) is 0 Å². The van der Waals surface area contributed by atoms with Gasteiger partial charge in [-0.25, -0.2) is 0 Å². The molecule has 0 aliphatic carbocycles. The normalized spacial score (nSPS) is 16.8. The number of hydrogen-bond acceptors (Lipinski definition) is 4. The molecule has 2 atom stereocenters. The van der Waals surface area contributed by atoms with Gasteiger partial charge in [0.2, 0.25) is 5.91 Å². The van der Waals surface area contributed by atoms with E-state index in [4.69, 9.17) is 0 Å². The Bertz CT molecular complexity index is 400. The van der Waals surface area contributed by atoms with Gasteiger partial charge >= 0.3 is 0 Å². The monoisotopic (exact) mass is 321 g/mol. The van der Waals surface area contributed by atoms with Gasteiger partial charge < -0.3 is 15.3 Å². The highest BCUT2D eigenvalue weighted by molar-refractivity contribution is 5.85. The third-order valence-electron chi connectivity index (χ3n) is 3.36. The van der Waals surface area contributed by atoms with Crippen LogP contribution in [0.4, 0.5) is 0 Å². The number of aromatic nitrogens is 1. The molecule has 1 aromatic rings. The van der Waals surface area contributed by atoms with Gasteiger partial charge in [-0.3, -0.25) is 9.78 Å². The summed E-state index contributed by atoms with van der Waals surface area (Å²) in [6.45, 7) is 1.58. The number of pyridine rings is 1. The van der Waals surface area contributed by atoms with E-state index in [1.54, 1.807) is 31.6 Å². The molecular formula is C13H21Cl2N3O2. The van der Waals surface area contributed by atoms with E-state index in [1.165, 1.54) is 0 Å². The summed E-state index contributed by atoms with van der Waals surface area (Å²) in [5, 5.41) is 13.2. The van der Waals surface area contributed by atoms with Crippen LogP contribution in [0.5, 0.6) is 0 Å². The highest BCUT2D eigenvalue weighted by Crippen LogP contribution is 2.19. The van der Waals surface area contributed by atoms with Crippen molar-refractivity contribution in [2.45, 2.75) is 25.0 Å². The molecule has 2 N–H and O–H groups in total. The molecule has 1 saturated heterocycles. The van der Waals surface area contributed by atoms with Crippen LogP contribution in [0.25, 0.3) is 0 Å². The predicted molar refractivity (Wildman–Crippen MR) is 82.4 cm³/mol. The van der Waals surface area contributed by atoms with Gasteiger partial charge in [-0.1, -0.05) is 0 Å². The zero-order chi connectivity index (χ0) is 13.0. The summed E-state index contributed by atoms with van der Waals surface area (Å²) in [6, 6.07) is 2.86. The minimum Gasteiger partial charge on any atom is -0.386 e. The largest absolute Gasteiger partial charge is 0.386 e. The molecule has 0 bridgehead atoms. The van der Waals surface area contributed by atoms with Gasteiger partial charge in [0.1, 0.15) is 12.1 Å². The molecule has 0 radical (unpaired) electrons. The molecule has 0 saturated carbocycles. The van der Waals surface area contributed by atoms with Crippen LogP contribution in [0.1, 0.15) is 24.5 Å². The van der Waals surface area contributed by atoms with Crippen molar-refractivity contribution < 1.29 is 9.90 Å². The molecule has 0 aromatic carbocycles. The van der Waals surface area contributed by atoms with Crippen LogP contribution < -0.4 is 5.32 Å². The number of nitrogens with one attached hydrogen (secondary N) is 1. The number of aliphatic hydroxyl groups is 1. The van der Waals surface area contributed by atoms with Crippen LogP contribution in [0.2, 0.25) is 0 Å². The highest BCUT2D eigenvalue weighted by atomic mass is 35.5. The number of nitrogens with zero attached hydrogens (tertiary/aromatic N) is 2. The number of hydrogen-bond donors (Lipinski definition) is 2. The quantitative estimate of drug-likeness (QED) is 0.873. The number of likely N-dealkylation sites (N-methyl/N-ethyl adjacent to an activating group) is 1. The molecule has 1 aliphatic heterocycles. The molecule has 1 aromatic heterocycles. The van der Waals surface area contributed by atoms with Gasteiger partial charge in [-0.2, -0.15) is 0 Å². The third kappa shape index (κ3) is 4.31. The van der Waals surface area contributed by atoms with E-state index >= 15 is 0 Å². The van der Waals surface area contributed by atoms with Crippen molar-refractivity contribution in [1.29, 1.82) is 0 Å². The Kier molecular flexibility index (Phi) is 8.73. The van der Waals surface area contributed by atoms with Gasteiger partial charge in [-0.05, 0) is 37.6 Å². The van der Waals surface area contributed by atoms with E-state index in [9.17, 15) is 9.90 Å². The Morgan fingerprint density at radius 3 is 2.35 bits per heavy atom. The fourth-order valence-corrected chi connectivity index (χ4v) is 2.30. The zero-order valence-corrected chi connectivity index (χ0v) is 13.0. The van der Waals surface area contributed by atoms with E-state index < -0.39 is 12.1 Å². The number of amides is 1. The first kappa shape index (κ1) is 19.1. The number of carbonyl (C=O) groups excluding carboxylic acids is 1. The number of likely N-dealkylation sites (tertiary alicyclic amines) is 1. The third-order valence-corrected chi connectivity index (χ3v) is 3.36. The number of carbonyl (C=O) groups is 1. The average Bonchev–Trinajstić information content (AvgIpc) is 2.94. The van der Waals surface area contributed by atoms with Gasteiger partial charge in [-0.15, -0.1) is 24.8 Å². The highest BCUT2D eigenvalue weighted by Gasteiger charge is 2.31. The molecule has 7 heteroatoms. The Balaban J connectivity index is 0.00000180. The molecule has 1 amide bonds. The lowest BCUT2D eigenvalue weighted by Crippen LogP contribution is -2.47. The van der Waals surface area contributed by atoms with E-state index in [1.807, 2.05) is 4.90 Å². The SMILES string of the molecule is CN[C@@H](C(=O)N1CCCC1)[C@@H](O)c1ccncc1.Cl.Cl. The Morgan fingerprint density at radius 2 is 1.85 bits per heavy atom. The molecule has 2 rings (SSSR count). The molecular weight excluding hydrogens is 301 g/mol. The maximum absolute atomic E-state index is 12.3. The lowest BCUT2D eigenvalue weighted by atomic mass is 10.0. The topological polar surface area (TPSA) is 65.5 Å². The minimum atomic E-state index is -0.842. The van der Waals surface area contributed by atoms with Crippen LogP contribution in [0.15, 0.2) is 24.5 Å². The molecule has 114 valence electrons. The molecule has 5 nitrogen and oxygen atoms in total. The molecule has 0 unspecified atom stereocenters. The van der Waals surface area contributed by atoms with Crippen molar-refractivity contribution in [3.63, 3.8) is 0 Å². The van der Waals surface area contributed by atoms with Crippen molar-refractivity contribution in [2.24, 2.45) is 0 Å². The maximum atomic E-state index is 12.3. The summed E-state index contributed by atoms with van der Waals surface area (Å²) >= 11 is 0. The van der Waals surface area contributed by atoms with Gasteiger partial charge in [0.25, 0.3) is 0 Å². The first-order chi connectivity index (χ1) is 8.74. The molecule has 0 spiro atoms. The molecule has 1 fully saturated rings. The van der Waals surface area contributed by atoms with Crippen LogP contribution in [-0.4, -0.2) is 47.1 Å². The Hall–Kier alpha value is -0.880. The zero-order valence-electron chi connectivity index (χ0n) is 11.4. The Labute approximate surface area is 131 Å². The molecule has 20 heavy (non-hydrogen) atoms. The lowest BCUT2D eigenvalue weighted by Gasteiger charge is -2.26. The first-order valence-corrected chi connectivity index (χ1v) is 6.28. The summed E-state index contributed by atoms with van der Waals surface area (Å²) in [5.74, 6) is -0.0284. The Morgan fingerprint density at radius 1 is 1.30 bits per heavy atom. The summed E-state index contributed by atoms with van der Waals surface area (Å²) < 4.78 is 0. The summed E-state index contributed by atoms with van der Waals surface area (Å²) in [6.07, 6.45) is 4.49. The molecule has 2 heterocycles. The van der Waals surface area contributed by atoms with Crippen LogP contribution in [0.3, 0.4) is 0 Å². The van der Waals surface area contributed by atoms with Crippen LogP contribution in [0, 0.1) is 0 Å². The lowest BCUT2D eigenvalue weighted by molar-refractivity contribution is -0.135. The standard InChI is InChI=1S/C13H19N3O2.2ClH/c1-14-11(13(18)16-8-2-3-9-16)12(17)10-4-6-15-7-5-10;;/h4-7,11-12,14,17H,2-3,8-9H2,1H3;2*1H/t11-,12+;;/m1../s1. The second kappa shape index (κ2) is 9.13. The van der Waals surface area contributed by atoms with Crippen molar-refractivity contribution >= 4 is 30.7 Å². The van der Waals surface area contributed by atoms with Gasteiger partial charge in [0.15, 0.2) is 0 Å². The second-order valence-corrected chi connectivity index (χ2v) is 4.52. The van der Waals surface area contributed by atoms with Crippen LogP contribution in [-0.2, 0) is 4.79 Å². The first-order valence-electron chi connectivity index (χ1n) is 6.28. The van der Waals surface area contributed by atoms with Gasteiger partial charge in [0, 0.05) is 25.5 Å². The average molecular weight is 322 g/mol.